The highest BCUT2D eigenvalue weighted by atomic mass is 32.2. The molecule has 0 bridgehead atoms. The van der Waals surface area contributed by atoms with Crippen LogP contribution in [0.2, 0.25) is 0 Å². The summed E-state index contributed by atoms with van der Waals surface area (Å²) in [5.74, 6) is 0.330. The number of benzene rings is 2. The molecule has 182 valence electrons. The lowest BCUT2D eigenvalue weighted by molar-refractivity contribution is 0.0766. The molecule has 0 aromatic heterocycles. The van der Waals surface area contributed by atoms with Gasteiger partial charge in [0.1, 0.15) is 0 Å². The van der Waals surface area contributed by atoms with E-state index in [1.54, 1.807) is 24.4 Å². The molecule has 2 fully saturated rings. The summed E-state index contributed by atoms with van der Waals surface area (Å²) in [7, 11) is -3.83. The minimum atomic E-state index is -3.83. The van der Waals surface area contributed by atoms with Crippen LogP contribution in [0, 0.1) is 0 Å². The Morgan fingerprint density at radius 1 is 1.03 bits per heavy atom. The van der Waals surface area contributed by atoms with Gasteiger partial charge in [-0.25, -0.2) is 8.42 Å². The van der Waals surface area contributed by atoms with Crippen molar-refractivity contribution < 1.29 is 13.2 Å². The van der Waals surface area contributed by atoms with Crippen LogP contribution >= 0.6 is 0 Å². The molecule has 34 heavy (non-hydrogen) atoms. The molecule has 1 heterocycles. The third kappa shape index (κ3) is 5.67. The van der Waals surface area contributed by atoms with E-state index < -0.39 is 10.0 Å². The predicted molar refractivity (Wildman–Crippen MR) is 137 cm³/mol. The Balaban J connectivity index is 1.55. The number of hydrogen-bond acceptors (Lipinski definition) is 5. The fourth-order valence-corrected chi connectivity index (χ4v) is 5.94. The van der Waals surface area contributed by atoms with E-state index in [1.807, 2.05) is 17.9 Å². The molecule has 0 unspecified atom stereocenters. The first-order valence-corrected chi connectivity index (χ1v) is 13.7. The normalized spacial score (nSPS) is 18.1. The van der Waals surface area contributed by atoms with Crippen molar-refractivity contribution in [3.8, 4) is 0 Å². The van der Waals surface area contributed by atoms with Crippen molar-refractivity contribution in [1.29, 1.82) is 0 Å². The van der Waals surface area contributed by atoms with Gasteiger partial charge in [-0.3, -0.25) is 14.5 Å². The lowest BCUT2D eigenvalue weighted by Gasteiger charge is -2.24. The number of nitrogens with one attached hydrogen (secondary N) is 2. The van der Waals surface area contributed by atoms with E-state index >= 15 is 0 Å². The van der Waals surface area contributed by atoms with Crippen molar-refractivity contribution in [2.24, 2.45) is 4.99 Å². The highest BCUT2D eigenvalue weighted by Crippen LogP contribution is 2.41. The van der Waals surface area contributed by atoms with Gasteiger partial charge >= 0.3 is 0 Å². The number of amides is 1. The van der Waals surface area contributed by atoms with Crippen LogP contribution in [0.4, 0.5) is 11.4 Å². The third-order valence-corrected chi connectivity index (χ3v) is 8.04. The van der Waals surface area contributed by atoms with E-state index in [2.05, 4.69) is 21.1 Å². The first-order chi connectivity index (χ1) is 16.5. The van der Waals surface area contributed by atoms with Crippen LogP contribution < -0.4 is 10.0 Å². The number of hydrogen-bond donors (Lipinski definition) is 2. The molecule has 0 radical (unpaired) electrons. The number of rotatable bonds is 6. The lowest BCUT2D eigenvalue weighted by Crippen LogP contribution is -2.34. The van der Waals surface area contributed by atoms with Crippen LogP contribution in [0.3, 0.4) is 0 Å². The molecule has 0 spiro atoms. The highest BCUT2D eigenvalue weighted by Gasteiger charge is 2.23. The Morgan fingerprint density at radius 2 is 1.79 bits per heavy atom. The van der Waals surface area contributed by atoms with E-state index in [4.69, 9.17) is 0 Å². The van der Waals surface area contributed by atoms with Crippen LogP contribution in [0.5, 0.6) is 0 Å². The Kier molecular flexibility index (Phi) is 8.00. The summed E-state index contributed by atoms with van der Waals surface area (Å²) >= 11 is 0. The molecule has 1 amide bonds. The molecular weight excluding hydrogens is 448 g/mol. The molecule has 2 N–H and O–H groups in total. The Bertz CT molecular complexity index is 1120. The second-order valence-electron chi connectivity index (χ2n) is 8.99. The quantitative estimate of drug-likeness (QED) is 0.584. The maximum Gasteiger partial charge on any atom is 0.261 e. The zero-order chi connectivity index (χ0) is 24.0. The Morgan fingerprint density at radius 3 is 2.53 bits per heavy atom. The van der Waals surface area contributed by atoms with Crippen molar-refractivity contribution >= 4 is 33.5 Å². The molecule has 2 aromatic carbocycles. The second-order valence-corrected chi connectivity index (χ2v) is 10.7. The van der Waals surface area contributed by atoms with Gasteiger partial charge in [-0.05, 0) is 74.5 Å². The van der Waals surface area contributed by atoms with Gasteiger partial charge in [0.2, 0.25) is 0 Å². The van der Waals surface area contributed by atoms with Gasteiger partial charge in [0, 0.05) is 31.4 Å². The van der Waals surface area contributed by atoms with E-state index in [0.717, 1.165) is 37.9 Å². The van der Waals surface area contributed by atoms with E-state index in [1.165, 1.54) is 31.4 Å². The number of para-hydroxylation sites is 1. The fraction of sp³-hybridized carbons (Fsp3) is 0.462. The highest BCUT2D eigenvalue weighted by molar-refractivity contribution is 7.92. The smallest absolute Gasteiger partial charge is 0.261 e. The Hall–Kier alpha value is -2.71. The molecule has 1 saturated heterocycles. The van der Waals surface area contributed by atoms with Gasteiger partial charge in [0.25, 0.3) is 15.9 Å². The maximum absolute atomic E-state index is 13.2. The van der Waals surface area contributed by atoms with Gasteiger partial charge in [-0.1, -0.05) is 31.4 Å². The number of aliphatic imine (C=N–C) groups is 1. The monoisotopic (exact) mass is 482 g/mol. The summed E-state index contributed by atoms with van der Waals surface area (Å²) in [4.78, 5) is 19.3. The molecule has 7 nitrogen and oxygen atoms in total. The SMILES string of the molecule is C/C=N\c1c(NS(=O)(=O)c2ccc(C(=O)N3CCCNCC3)cc2)cccc1C1CCCCC1. The summed E-state index contributed by atoms with van der Waals surface area (Å²) in [5, 5.41) is 3.28. The molecule has 0 atom stereocenters. The van der Waals surface area contributed by atoms with Crippen molar-refractivity contribution in [3.63, 3.8) is 0 Å². The number of carbonyl (C=O) groups is 1. The van der Waals surface area contributed by atoms with Crippen molar-refractivity contribution in [3.05, 3.63) is 53.6 Å². The molecule has 4 rings (SSSR count). The zero-order valence-corrected chi connectivity index (χ0v) is 20.6. The number of sulfonamides is 1. The minimum absolute atomic E-state index is 0.0691. The topological polar surface area (TPSA) is 90.9 Å². The summed E-state index contributed by atoms with van der Waals surface area (Å²) in [6.07, 6.45) is 8.45. The maximum atomic E-state index is 13.2. The van der Waals surface area contributed by atoms with Crippen LogP contribution in [-0.2, 0) is 10.0 Å². The van der Waals surface area contributed by atoms with E-state index in [9.17, 15) is 13.2 Å². The molecule has 1 aliphatic carbocycles. The van der Waals surface area contributed by atoms with Crippen molar-refractivity contribution in [2.45, 2.75) is 56.3 Å². The predicted octanol–water partition coefficient (Wildman–Crippen LogP) is 4.69. The van der Waals surface area contributed by atoms with Gasteiger partial charge < -0.3 is 10.2 Å². The van der Waals surface area contributed by atoms with Crippen LogP contribution in [0.25, 0.3) is 0 Å². The average Bonchev–Trinajstić information content (AvgIpc) is 3.15. The summed E-state index contributed by atoms with van der Waals surface area (Å²) in [5.41, 5.74) is 2.78. The fourth-order valence-electron chi connectivity index (χ4n) is 4.87. The number of carbonyl (C=O) groups excluding carboxylic acids is 1. The van der Waals surface area contributed by atoms with Crippen LogP contribution in [0.1, 0.15) is 67.3 Å². The number of anilines is 1. The molecule has 2 aromatic rings. The summed E-state index contributed by atoms with van der Waals surface area (Å²) in [6.45, 7) is 4.86. The second kappa shape index (κ2) is 11.1. The standard InChI is InChI=1S/C26H34N4O3S/c1-2-28-25-23(20-8-4-3-5-9-20)10-6-11-24(25)29-34(32,33)22-14-12-21(13-15-22)26(31)30-18-7-16-27-17-19-30/h2,6,10-15,20,27,29H,3-5,7-9,16-19H2,1H3/b28-2-. The first kappa shape index (κ1) is 24.4. The van der Waals surface area contributed by atoms with Crippen LogP contribution in [0.15, 0.2) is 52.4 Å². The molecule has 2 aliphatic rings. The van der Waals surface area contributed by atoms with E-state index in [0.29, 0.717) is 35.9 Å². The van der Waals surface area contributed by atoms with Gasteiger partial charge in [-0.2, -0.15) is 0 Å². The lowest BCUT2D eigenvalue weighted by atomic mass is 9.83. The number of nitrogens with zero attached hydrogens (tertiary/aromatic N) is 2. The third-order valence-electron chi connectivity index (χ3n) is 6.65. The molecule has 8 heteroatoms. The first-order valence-electron chi connectivity index (χ1n) is 12.2. The van der Waals surface area contributed by atoms with Crippen molar-refractivity contribution in [1.82, 2.24) is 10.2 Å². The molecule has 1 saturated carbocycles. The summed E-state index contributed by atoms with van der Waals surface area (Å²) in [6, 6.07) is 11.9. The van der Waals surface area contributed by atoms with Crippen LogP contribution in [-0.4, -0.2) is 51.6 Å². The van der Waals surface area contributed by atoms with Gasteiger partial charge in [0.15, 0.2) is 0 Å². The van der Waals surface area contributed by atoms with Gasteiger partial charge in [0.05, 0.1) is 16.3 Å². The minimum Gasteiger partial charge on any atom is -0.337 e. The summed E-state index contributed by atoms with van der Waals surface area (Å²) < 4.78 is 29.2. The zero-order valence-electron chi connectivity index (χ0n) is 19.8. The largest absolute Gasteiger partial charge is 0.337 e. The molecular formula is C26H34N4O3S. The molecule has 1 aliphatic heterocycles. The van der Waals surface area contributed by atoms with Crippen molar-refractivity contribution in [2.75, 3.05) is 30.9 Å². The average molecular weight is 483 g/mol. The van der Waals surface area contributed by atoms with E-state index in [-0.39, 0.29) is 10.8 Å². The Labute approximate surface area is 202 Å². The van der Waals surface area contributed by atoms with Gasteiger partial charge in [-0.15, -0.1) is 0 Å².